The van der Waals surface area contributed by atoms with Crippen molar-refractivity contribution in [1.82, 2.24) is 4.98 Å². The van der Waals surface area contributed by atoms with E-state index >= 15 is 0 Å². The minimum absolute atomic E-state index is 0.172. The summed E-state index contributed by atoms with van der Waals surface area (Å²) in [5, 5.41) is 0. The zero-order valence-corrected chi connectivity index (χ0v) is 11.1. The first-order valence-corrected chi connectivity index (χ1v) is 5.86. The highest BCUT2D eigenvalue weighted by atomic mass is 16.5. The van der Waals surface area contributed by atoms with E-state index in [1.807, 2.05) is 13.0 Å². The van der Waals surface area contributed by atoms with E-state index in [-0.39, 0.29) is 5.78 Å². The first-order valence-electron chi connectivity index (χ1n) is 5.86. The largest absolute Gasteiger partial charge is 0.493 e. The van der Waals surface area contributed by atoms with Crippen molar-refractivity contribution in [2.24, 2.45) is 0 Å². The van der Waals surface area contributed by atoms with Crippen LogP contribution in [0, 0.1) is 6.92 Å². The van der Waals surface area contributed by atoms with Crippen LogP contribution in [0.25, 0.3) is 0 Å². The maximum Gasteiger partial charge on any atom is 0.215 e. The Labute approximate surface area is 112 Å². The van der Waals surface area contributed by atoms with Gasteiger partial charge in [-0.25, -0.2) is 0 Å². The smallest absolute Gasteiger partial charge is 0.215 e. The first kappa shape index (κ1) is 13.1. The number of ether oxygens (including phenoxy) is 2. The minimum Gasteiger partial charge on any atom is -0.493 e. The number of hydrogen-bond acceptors (Lipinski definition) is 4. The van der Waals surface area contributed by atoms with Crippen molar-refractivity contribution in [2.75, 3.05) is 14.2 Å². The van der Waals surface area contributed by atoms with E-state index in [0.29, 0.717) is 22.8 Å². The van der Waals surface area contributed by atoms with Gasteiger partial charge < -0.3 is 9.47 Å². The second-order valence-corrected chi connectivity index (χ2v) is 4.04. The van der Waals surface area contributed by atoms with E-state index in [1.165, 1.54) is 14.2 Å². The third-order valence-corrected chi connectivity index (χ3v) is 2.87. The summed E-state index contributed by atoms with van der Waals surface area (Å²) < 4.78 is 10.5. The lowest BCUT2D eigenvalue weighted by Gasteiger charge is -2.12. The quantitative estimate of drug-likeness (QED) is 0.790. The van der Waals surface area contributed by atoms with Gasteiger partial charge in [0, 0.05) is 6.20 Å². The third kappa shape index (κ3) is 2.42. The minimum atomic E-state index is -0.172. The Morgan fingerprint density at radius 3 is 2.53 bits per heavy atom. The molecule has 98 valence electrons. The van der Waals surface area contributed by atoms with Crippen molar-refractivity contribution in [2.45, 2.75) is 6.92 Å². The highest BCUT2D eigenvalue weighted by molar-refractivity contribution is 6.10. The first-order chi connectivity index (χ1) is 9.19. The molecule has 0 spiro atoms. The van der Waals surface area contributed by atoms with Crippen LogP contribution in [0.15, 0.2) is 36.5 Å². The number of aryl methyl sites for hydroxylation is 1. The molecule has 0 aliphatic heterocycles. The summed E-state index contributed by atoms with van der Waals surface area (Å²) in [6, 6.07) is 8.87. The fraction of sp³-hybridized carbons (Fsp3) is 0.200. The van der Waals surface area contributed by atoms with Gasteiger partial charge in [0.1, 0.15) is 5.69 Å². The van der Waals surface area contributed by atoms with Crippen molar-refractivity contribution in [3.63, 3.8) is 0 Å². The number of pyridine rings is 1. The van der Waals surface area contributed by atoms with Crippen molar-refractivity contribution >= 4 is 5.78 Å². The summed E-state index contributed by atoms with van der Waals surface area (Å²) in [7, 11) is 3.05. The molecule has 0 saturated heterocycles. The molecule has 4 nitrogen and oxygen atoms in total. The van der Waals surface area contributed by atoms with Crippen molar-refractivity contribution in [3.05, 3.63) is 53.3 Å². The van der Waals surface area contributed by atoms with Crippen molar-refractivity contribution < 1.29 is 14.3 Å². The molecule has 1 heterocycles. The van der Waals surface area contributed by atoms with Crippen LogP contribution in [0.1, 0.15) is 21.6 Å². The predicted molar refractivity (Wildman–Crippen MR) is 72.0 cm³/mol. The van der Waals surface area contributed by atoms with Crippen LogP contribution in [0.4, 0.5) is 0 Å². The number of hydrogen-bond donors (Lipinski definition) is 0. The summed E-state index contributed by atoms with van der Waals surface area (Å²) in [5.41, 5.74) is 1.70. The van der Waals surface area contributed by atoms with Gasteiger partial charge in [-0.1, -0.05) is 12.1 Å². The Morgan fingerprint density at radius 1 is 1.11 bits per heavy atom. The average molecular weight is 257 g/mol. The molecule has 1 aromatic carbocycles. The Hall–Kier alpha value is -2.36. The molecular weight excluding hydrogens is 242 g/mol. The summed E-state index contributed by atoms with van der Waals surface area (Å²) in [4.78, 5) is 16.7. The van der Waals surface area contributed by atoms with Gasteiger partial charge in [-0.15, -0.1) is 0 Å². The molecule has 0 aliphatic carbocycles. The van der Waals surface area contributed by atoms with E-state index in [4.69, 9.17) is 9.47 Å². The Balaban J connectivity index is 2.54. The van der Waals surface area contributed by atoms with Crippen LogP contribution in [-0.4, -0.2) is 25.0 Å². The van der Waals surface area contributed by atoms with E-state index in [1.54, 1.807) is 30.5 Å². The zero-order chi connectivity index (χ0) is 13.8. The maximum atomic E-state index is 12.5. The van der Waals surface area contributed by atoms with Crippen LogP contribution < -0.4 is 9.47 Å². The Kier molecular flexibility index (Phi) is 3.80. The molecule has 1 aromatic heterocycles. The van der Waals surface area contributed by atoms with E-state index in [2.05, 4.69) is 4.98 Å². The van der Waals surface area contributed by atoms with Crippen LogP contribution in [0.3, 0.4) is 0 Å². The van der Waals surface area contributed by atoms with Crippen molar-refractivity contribution in [3.8, 4) is 11.5 Å². The van der Waals surface area contributed by atoms with Gasteiger partial charge in [0.05, 0.1) is 19.8 Å². The van der Waals surface area contributed by atoms with E-state index in [0.717, 1.165) is 5.56 Å². The lowest BCUT2D eigenvalue weighted by atomic mass is 10.0. The number of carbonyl (C=O) groups is 1. The number of para-hydroxylation sites is 1. The normalized spacial score (nSPS) is 10.1. The molecule has 0 N–H and O–H groups in total. The molecule has 0 bridgehead atoms. The SMILES string of the molecule is COc1cccc(C(=O)c2ncccc2C)c1OC. The lowest BCUT2D eigenvalue weighted by Crippen LogP contribution is -2.08. The summed E-state index contributed by atoms with van der Waals surface area (Å²) >= 11 is 0. The summed E-state index contributed by atoms with van der Waals surface area (Å²) in [6.07, 6.45) is 1.60. The van der Waals surface area contributed by atoms with Crippen LogP contribution in [0.2, 0.25) is 0 Å². The van der Waals surface area contributed by atoms with Gasteiger partial charge in [-0.05, 0) is 30.7 Å². The fourth-order valence-corrected chi connectivity index (χ4v) is 1.92. The molecule has 0 atom stereocenters. The molecule has 19 heavy (non-hydrogen) atoms. The maximum absolute atomic E-state index is 12.5. The molecule has 0 unspecified atom stereocenters. The van der Waals surface area contributed by atoms with Crippen LogP contribution in [0.5, 0.6) is 11.5 Å². The Morgan fingerprint density at radius 2 is 1.89 bits per heavy atom. The van der Waals surface area contributed by atoms with Gasteiger partial charge >= 0.3 is 0 Å². The molecule has 2 aromatic rings. The standard InChI is InChI=1S/C15H15NO3/c1-10-6-5-9-16-13(10)14(17)11-7-4-8-12(18-2)15(11)19-3/h4-9H,1-3H3. The molecule has 0 aliphatic rings. The van der Waals surface area contributed by atoms with Gasteiger partial charge in [-0.2, -0.15) is 0 Å². The molecule has 0 amide bonds. The van der Waals surface area contributed by atoms with E-state index < -0.39 is 0 Å². The average Bonchev–Trinajstić information content (AvgIpc) is 2.46. The van der Waals surface area contributed by atoms with Crippen LogP contribution in [-0.2, 0) is 0 Å². The van der Waals surface area contributed by atoms with Gasteiger partial charge in [0.25, 0.3) is 0 Å². The summed E-state index contributed by atoms with van der Waals surface area (Å²) in [6.45, 7) is 1.85. The van der Waals surface area contributed by atoms with Crippen LogP contribution >= 0.6 is 0 Å². The monoisotopic (exact) mass is 257 g/mol. The fourth-order valence-electron chi connectivity index (χ4n) is 1.92. The number of nitrogens with zero attached hydrogens (tertiary/aromatic N) is 1. The molecule has 0 radical (unpaired) electrons. The topological polar surface area (TPSA) is 48.4 Å². The molecule has 0 fully saturated rings. The van der Waals surface area contributed by atoms with E-state index in [9.17, 15) is 4.79 Å². The number of rotatable bonds is 4. The predicted octanol–water partition coefficient (Wildman–Crippen LogP) is 2.64. The number of carbonyl (C=O) groups excluding carboxylic acids is 1. The van der Waals surface area contributed by atoms with Gasteiger partial charge in [0.2, 0.25) is 5.78 Å². The number of ketones is 1. The molecular formula is C15H15NO3. The second-order valence-electron chi connectivity index (χ2n) is 4.04. The zero-order valence-electron chi connectivity index (χ0n) is 11.1. The van der Waals surface area contributed by atoms with Crippen molar-refractivity contribution in [1.29, 1.82) is 0 Å². The number of aromatic nitrogens is 1. The summed E-state index contributed by atoms with van der Waals surface area (Å²) in [5.74, 6) is 0.788. The third-order valence-electron chi connectivity index (χ3n) is 2.87. The number of benzene rings is 1. The van der Waals surface area contributed by atoms with Gasteiger partial charge in [-0.3, -0.25) is 9.78 Å². The van der Waals surface area contributed by atoms with Gasteiger partial charge in [0.15, 0.2) is 11.5 Å². The second kappa shape index (κ2) is 5.52. The Bertz CT molecular complexity index is 608. The molecule has 0 saturated carbocycles. The molecule has 4 heteroatoms. The number of methoxy groups -OCH3 is 2. The highest BCUT2D eigenvalue weighted by Gasteiger charge is 2.19. The highest BCUT2D eigenvalue weighted by Crippen LogP contribution is 2.32. The lowest BCUT2D eigenvalue weighted by molar-refractivity contribution is 0.103. The molecule has 2 rings (SSSR count).